The van der Waals surface area contributed by atoms with E-state index in [-0.39, 0.29) is 24.1 Å². The topological polar surface area (TPSA) is 49.9 Å². The highest BCUT2D eigenvalue weighted by Crippen LogP contribution is 2.32. The minimum Gasteiger partial charge on any atom is -0.444 e. The average molecular weight is 457 g/mol. The molecule has 0 radical (unpaired) electrons. The molecule has 2 bridgehead atoms. The molecule has 2 unspecified atom stereocenters. The summed E-state index contributed by atoms with van der Waals surface area (Å²) in [7, 11) is 0. The normalized spacial score (nSPS) is 20.2. The Balaban J connectivity index is 1.44. The van der Waals surface area contributed by atoms with E-state index < -0.39 is 5.60 Å². The molecule has 2 aliphatic rings. The quantitative estimate of drug-likeness (QED) is 0.373. The molecule has 2 atom stereocenters. The molecule has 0 saturated carbocycles. The molecule has 5 heteroatoms. The predicted octanol–water partition coefficient (Wildman–Crippen LogP) is 6.59. The number of benzene rings is 1. The smallest absolute Gasteiger partial charge is 0.410 e. The van der Waals surface area contributed by atoms with Gasteiger partial charge >= 0.3 is 6.09 Å². The van der Waals surface area contributed by atoms with Crippen molar-refractivity contribution in [3.63, 3.8) is 0 Å². The van der Waals surface area contributed by atoms with Crippen LogP contribution in [0, 0.1) is 0 Å². The van der Waals surface area contributed by atoms with Crippen LogP contribution in [0.2, 0.25) is 0 Å². The Kier molecular flexibility index (Phi) is 9.22. The Labute approximate surface area is 200 Å². The van der Waals surface area contributed by atoms with Crippen molar-refractivity contribution >= 4 is 12.0 Å². The molecule has 0 aromatic heterocycles. The molecule has 33 heavy (non-hydrogen) atoms. The van der Waals surface area contributed by atoms with Crippen molar-refractivity contribution in [2.75, 3.05) is 13.1 Å². The number of unbranched alkanes of at least 4 members (excludes halogenated alkanes) is 7. The molecule has 3 rings (SSSR count). The van der Waals surface area contributed by atoms with E-state index >= 15 is 0 Å². The van der Waals surface area contributed by atoms with Crippen molar-refractivity contribution in [2.24, 2.45) is 0 Å². The van der Waals surface area contributed by atoms with Gasteiger partial charge < -0.3 is 9.64 Å². The fraction of sp³-hybridized carbons (Fsp3) is 0.714. The second kappa shape index (κ2) is 11.9. The number of carbonyl (C=O) groups excluding carboxylic acids is 2. The molecule has 2 amide bonds. The van der Waals surface area contributed by atoms with E-state index in [2.05, 4.69) is 19.1 Å². The van der Waals surface area contributed by atoms with Crippen LogP contribution < -0.4 is 0 Å². The number of hydrogen-bond acceptors (Lipinski definition) is 3. The number of aryl methyl sites for hydroxylation is 1. The maximum absolute atomic E-state index is 13.1. The van der Waals surface area contributed by atoms with Gasteiger partial charge in [-0.2, -0.15) is 0 Å². The van der Waals surface area contributed by atoms with Gasteiger partial charge in [-0.15, -0.1) is 0 Å². The standard InChI is InChI=1S/C28H44N2O3/c1-5-6-7-8-9-10-11-12-13-22-14-16-23(17-15-22)26(31)29-20-24-18-19-25(21-29)30(24)27(32)33-28(2,3)4/h14-17,24-25H,5-13,18-21H2,1-4H3. The van der Waals surface area contributed by atoms with E-state index in [0.717, 1.165) is 24.8 Å². The lowest BCUT2D eigenvalue weighted by molar-refractivity contribution is -0.00335. The lowest BCUT2D eigenvalue weighted by Crippen LogP contribution is -2.57. The van der Waals surface area contributed by atoms with Gasteiger partial charge in [0, 0.05) is 18.7 Å². The average Bonchev–Trinajstić information content (AvgIpc) is 3.04. The SMILES string of the molecule is CCCCCCCCCCc1ccc(C(=O)N2CC3CCC(C2)N3C(=O)OC(C)(C)C)cc1. The zero-order valence-electron chi connectivity index (χ0n) is 21.3. The van der Waals surface area contributed by atoms with Crippen LogP contribution in [-0.4, -0.2) is 52.6 Å². The summed E-state index contributed by atoms with van der Waals surface area (Å²) in [5, 5.41) is 0. The highest BCUT2D eigenvalue weighted by Gasteiger charge is 2.45. The molecule has 2 aliphatic heterocycles. The fourth-order valence-electron chi connectivity index (χ4n) is 5.14. The number of amides is 2. The summed E-state index contributed by atoms with van der Waals surface area (Å²) in [6, 6.07) is 8.29. The van der Waals surface area contributed by atoms with Crippen LogP contribution in [0.25, 0.3) is 0 Å². The van der Waals surface area contributed by atoms with E-state index in [1.165, 1.54) is 56.9 Å². The van der Waals surface area contributed by atoms with E-state index in [4.69, 9.17) is 4.74 Å². The highest BCUT2D eigenvalue weighted by atomic mass is 16.6. The molecule has 0 spiro atoms. The molecular weight excluding hydrogens is 412 g/mol. The largest absolute Gasteiger partial charge is 0.444 e. The first kappa shape index (κ1) is 25.6. The second-order valence-corrected chi connectivity index (χ2v) is 10.9. The summed E-state index contributed by atoms with van der Waals surface area (Å²) in [4.78, 5) is 29.6. The second-order valence-electron chi connectivity index (χ2n) is 10.9. The van der Waals surface area contributed by atoms with Crippen LogP contribution in [0.5, 0.6) is 0 Å². The lowest BCUT2D eigenvalue weighted by Gasteiger charge is -2.41. The van der Waals surface area contributed by atoms with Crippen molar-refractivity contribution in [1.29, 1.82) is 0 Å². The summed E-state index contributed by atoms with van der Waals surface area (Å²) in [5.41, 5.74) is 1.56. The van der Waals surface area contributed by atoms with E-state index in [0.29, 0.717) is 13.1 Å². The maximum Gasteiger partial charge on any atom is 0.410 e. The first-order chi connectivity index (χ1) is 15.8. The van der Waals surface area contributed by atoms with Crippen molar-refractivity contribution in [3.05, 3.63) is 35.4 Å². The van der Waals surface area contributed by atoms with Crippen molar-refractivity contribution in [1.82, 2.24) is 9.80 Å². The monoisotopic (exact) mass is 456 g/mol. The number of hydrogen-bond donors (Lipinski definition) is 0. The molecule has 1 aromatic rings. The van der Waals surface area contributed by atoms with Gasteiger partial charge in [0.25, 0.3) is 5.91 Å². The first-order valence-electron chi connectivity index (χ1n) is 13.2. The minimum atomic E-state index is -0.500. The number of ether oxygens (including phenoxy) is 1. The van der Waals surface area contributed by atoms with Gasteiger partial charge in [0.1, 0.15) is 5.60 Å². The lowest BCUT2D eigenvalue weighted by atomic mass is 10.0. The predicted molar refractivity (Wildman–Crippen MR) is 134 cm³/mol. The fourth-order valence-corrected chi connectivity index (χ4v) is 5.14. The number of rotatable bonds is 10. The summed E-state index contributed by atoms with van der Waals surface area (Å²) < 4.78 is 5.60. The van der Waals surface area contributed by atoms with Crippen LogP contribution in [0.15, 0.2) is 24.3 Å². The van der Waals surface area contributed by atoms with E-state index in [1.807, 2.05) is 42.7 Å². The summed E-state index contributed by atoms with van der Waals surface area (Å²) in [5.74, 6) is 0.0781. The third kappa shape index (κ3) is 7.48. The van der Waals surface area contributed by atoms with Crippen molar-refractivity contribution in [2.45, 2.75) is 116 Å². The molecule has 0 aliphatic carbocycles. The third-order valence-corrected chi connectivity index (χ3v) is 6.89. The van der Waals surface area contributed by atoms with Crippen LogP contribution in [-0.2, 0) is 11.2 Å². The van der Waals surface area contributed by atoms with Gasteiger partial charge in [-0.1, -0.05) is 64.0 Å². The first-order valence-corrected chi connectivity index (χ1v) is 13.2. The van der Waals surface area contributed by atoms with Gasteiger partial charge in [0.05, 0.1) is 12.1 Å². The van der Waals surface area contributed by atoms with Crippen LogP contribution >= 0.6 is 0 Å². The zero-order chi connectivity index (χ0) is 23.8. The number of likely N-dealkylation sites (tertiary alicyclic amines) is 1. The number of nitrogens with zero attached hydrogens (tertiary/aromatic N) is 2. The molecule has 5 nitrogen and oxygen atoms in total. The van der Waals surface area contributed by atoms with Gasteiger partial charge in [0.2, 0.25) is 0 Å². The van der Waals surface area contributed by atoms with Crippen LogP contribution in [0.4, 0.5) is 4.79 Å². The summed E-state index contributed by atoms with van der Waals surface area (Å²) in [6.45, 7) is 9.12. The molecule has 0 N–H and O–H groups in total. The van der Waals surface area contributed by atoms with E-state index in [1.54, 1.807) is 0 Å². The van der Waals surface area contributed by atoms with Crippen molar-refractivity contribution in [3.8, 4) is 0 Å². The Morgan fingerprint density at radius 1 is 0.879 bits per heavy atom. The van der Waals surface area contributed by atoms with Gasteiger partial charge in [-0.3, -0.25) is 9.69 Å². The van der Waals surface area contributed by atoms with Gasteiger partial charge in [-0.25, -0.2) is 4.79 Å². The minimum absolute atomic E-state index is 0.0591. The van der Waals surface area contributed by atoms with Gasteiger partial charge in [0.15, 0.2) is 0 Å². The third-order valence-electron chi connectivity index (χ3n) is 6.89. The summed E-state index contributed by atoms with van der Waals surface area (Å²) >= 11 is 0. The molecule has 2 saturated heterocycles. The Hall–Kier alpha value is -2.04. The zero-order valence-corrected chi connectivity index (χ0v) is 21.3. The van der Waals surface area contributed by atoms with Gasteiger partial charge in [-0.05, 0) is 64.2 Å². The number of carbonyl (C=O) groups is 2. The molecule has 1 aromatic carbocycles. The maximum atomic E-state index is 13.1. The molecular formula is C28H44N2O3. The molecule has 2 heterocycles. The molecule has 184 valence electrons. The summed E-state index contributed by atoms with van der Waals surface area (Å²) in [6.07, 6.45) is 13.3. The molecule has 2 fully saturated rings. The van der Waals surface area contributed by atoms with Crippen LogP contribution in [0.3, 0.4) is 0 Å². The van der Waals surface area contributed by atoms with Crippen LogP contribution in [0.1, 0.15) is 108 Å². The Morgan fingerprint density at radius 3 is 1.97 bits per heavy atom. The van der Waals surface area contributed by atoms with E-state index in [9.17, 15) is 9.59 Å². The Bertz CT molecular complexity index is 754. The number of fused-ring (bicyclic) bond motifs is 2. The van der Waals surface area contributed by atoms with Crippen molar-refractivity contribution < 1.29 is 14.3 Å². The number of piperazine rings is 1. The highest BCUT2D eigenvalue weighted by molar-refractivity contribution is 5.94. The Morgan fingerprint density at radius 2 is 1.42 bits per heavy atom.